The second kappa shape index (κ2) is 8.12. The number of nitrogens with zero attached hydrogens (tertiary/aromatic N) is 1. The fourth-order valence-electron chi connectivity index (χ4n) is 2.43. The Morgan fingerprint density at radius 2 is 2.05 bits per heavy atom. The zero-order chi connectivity index (χ0) is 14.3. The summed E-state index contributed by atoms with van der Waals surface area (Å²) in [4.78, 5) is 24.2. The van der Waals surface area contributed by atoms with Crippen molar-refractivity contribution in [3.05, 3.63) is 0 Å². The Balaban J connectivity index is 2.21. The third-order valence-electron chi connectivity index (χ3n) is 3.37. The Hall–Kier alpha value is -1.14. The van der Waals surface area contributed by atoms with Crippen molar-refractivity contribution in [2.75, 3.05) is 26.2 Å². The van der Waals surface area contributed by atoms with E-state index >= 15 is 0 Å². The lowest BCUT2D eigenvalue weighted by molar-refractivity contribution is -0.145. The van der Waals surface area contributed by atoms with E-state index in [9.17, 15) is 14.7 Å². The number of hydrogen-bond acceptors (Lipinski definition) is 5. The average molecular weight is 272 g/mol. The molecule has 3 N–H and O–H groups in total. The lowest BCUT2D eigenvalue weighted by atomic mass is 9.93. The van der Waals surface area contributed by atoms with Gasteiger partial charge in [-0.15, -0.1) is 0 Å². The highest BCUT2D eigenvalue weighted by atomic mass is 16.5. The first kappa shape index (κ1) is 15.9. The van der Waals surface area contributed by atoms with Crippen molar-refractivity contribution in [2.45, 2.75) is 38.7 Å². The third kappa shape index (κ3) is 6.54. The number of hydrogen-bond donors (Lipinski definition) is 2. The maximum atomic E-state index is 11.2. The predicted octanol–water partition coefficient (Wildman–Crippen LogP) is -0.112. The van der Waals surface area contributed by atoms with Crippen molar-refractivity contribution in [1.82, 2.24) is 4.90 Å². The van der Waals surface area contributed by atoms with E-state index in [0.29, 0.717) is 25.5 Å². The molecule has 1 heterocycles. The Labute approximate surface area is 113 Å². The molecule has 0 bridgehead atoms. The van der Waals surface area contributed by atoms with Gasteiger partial charge in [0.05, 0.1) is 19.1 Å². The van der Waals surface area contributed by atoms with Gasteiger partial charge >= 0.3 is 5.97 Å². The van der Waals surface area contributed by atoms with Crippen LogP contribution < -0.4 is 5.73 Å². The summed E-state index contributed by atoms with van der Waals surface area (Å²) in [6.45, 7) is 4.22. The van der Waals surface area contributed by atoms with E-state index in [1.807, 2.05) is 0 Å². The van der Waals surface area contributed by atoms with Gasteiger partial charge in [-0.2, -0.15) is 0 Å². The molecule has 1 atom stereocenters. The Kier molecular flexibility index (Phi) is 6.80. The Bertz CT molecular complexity index is 301. The lowest BCUT2D eigenvalue weighted by Crippen LogP contribution is -2.40. The van der Waals surface area contributed by atoms with Gasteiger partial charge in [0.2, 0.25) is 5.91 Å². The minimum atomic E-state index is -0.688. The summed E-state index contributed by atoms with van der Waals surface area (Å²) in [6.07, 6.45) is 1.62. The van der Waals surface area contributed by atoms with Gasteiger partial charge in [-0.05, 0) is 38.8 Å². The van der Waals surface area contributed by atoms with Crippen LogP contribution in [0.4, 0.5) is 0 Å². The van der Waals surface area contributed by atoms with Crippen LogP contribution >= 0.6 is 0 Å². The van der Waals surface area contributed by atoms with E-state index in [4.69, 9.17) is 10.5 Å². The fraction of sp³-hybridized carbons (Fsp3) is 0.846. The molecule has 1 rings (SSSR count). The Morgan fingerprint density at radius 3 is 2.58 bits per heavy atom. The van der Waals surface area contributed by atoms with E-state index < -0.39 is 6.10 Å². The molecule has 0 saturated carbocycles. The fourth-order valence-corrected chi connectivity index (χ4v) is 2.43. The minimum Gasteiger partial charge on any atom is -0.466 e. The molecule has 1 fully saturated rings. The quantitative estimate of drug-likeness (QED) is 0.631. The number of carbonyl (C=O) groups excluding carboxylic acids is 2. The molecule has 19 heavy (non-hydrogen) atoms. The summed E-state index contributed by atoms with van der Waals surface area (Å²) >= 11 is 0. The van der Waals surface area contributed by atoms with Crippen molar-refractivity contribution in [3.8, 4) is 0 Å². The molecule has 0 aromatic rings. The molecule has 0 aliphatic carbocycles. The van der Waals surface area contributed by atoms with Crippen LogP contribution in [0.5, 0.6) is 0 Å². The van der Waals surface area contributed by atoms with Crippen LogP contribution in [0, 0.1) is 5.92 Å². The number of piperidine rings is 1. The second-order valence-electron chi connectivity index (χ2n) is 5.08. The number of nitrogens with two attached hydrogens (primary N) is 1. The minimum absolute atomic E-state index is 0.0368. The average Bonchev–Trinajstić information content (AvgIpc) is 2.31. The maximum absolute atomic E-state index is 11.2. The number of β-amino-alcohol motifs (C(OH)–C–C–N with tert-alkyl or cyclic N) is 1. The van der Waals surface area contributed by atoms with E-state index in [-0.39, 0.29) is 18.3 Å². The normalized spacial score (nSPS) is 19.1. The van der Waals surface area contributed by atoms with E-state index in [2.05, 4.69) is 4.90 Å². The monoisotopic (exact) mass is 272 g/mol. The number of rotatable bonds is 7. The molecule has 1 unspecified atom stereocenters. The number of carbonyl (C=O) groups is 2. The lowest BCUT2D eigenvalue weighted by Gasteiger charge is -2.32. The van der Waals surface area contributed by atoms with Gasteiger partial charge in [-0.3, -0.25) is 9.59 Å². The van der Waals surface area contributed by atoms with E-state index in [1.165, 1.54) is 0 Å². The zero-order valence-corrected chi connectivity index (χ0v) is 11.5. The summed E-state index contributed by atoms with van der Waals surface area (Å²) in [5.74, 6) is -0.254. The summed E-state index contributed by atoms with van der Waals surface area (Å²) < 4.78 is 4.79. The number of primary amides is 1. The van der Waals surface area contributed by atoms with Crippen molar-refractivity contribution < 1.29 is 19.4 Å². The van der Waals surface area contributed by atoms with Crippen LogP contribution in [0.15, 0.2) is 0 Å². The van der Waals surface area contributed by atoms with Gasteiger partial charge in [0.25, 0.3) is 0 Å². The van der Waals surface area contributed by atoms with Crippen molar-refractivity contribution in [3.63, 3.8) is 0 Å². The van der Waals surface area contributed by atoms with E-state index in [0.717, 1.165) is 25.9 Å². The van der Waals surface area contributed by atoms with Gasteiger partial charge in [0, 0.05) is 13.0 Å². The molecular weight excluding hydrogens is 248 g/mol. The number of ether oxygens (including phenoxy) is 1. The molecule has 0 aromatic heterocycles. The van der Waals surface area contributed by atoms with Gasteiger partial charge in [-0.1, -0.05) is 0 Å². The summed E-state index contributed by atoms with van der Waals surface area (Å²) in [5, 5.41) is 9.79. The van der Waals surface area contributed by atoms with Crippen LogP contribution in [0.2, 0.25) is 0 Å². The summed E-state index contributed by atoms with van der Waals surface area (Å²) in [6, 6.07) is 0. The van der Waals surface area contributed by atoms with Gasteiger partial charge in [0.15, 0.2) is 0 Å². The largest absolute Gasteiger partial charge is 0.466 e. The molecule has 0 aromatic carbocycles. The molecule has 1 aliphatic rings. The van der Waals surface area contributed by atoms with Crippen LogP contribution in [0.3, 0.4) is 0 Å². The molecule has 1 amide bonds. The van der Waals surface area contributed by atoms with Crippen LogP contribution in [0.25, 0.3) is 0 Å². The smallest absolute Gasteiger partial charge is 0.308 e. The zero-order valence-electron chi connectivity index (χ0n) is 11.5. The summed E-state index contributed by atoms with van der Waals surface area (Å²) in [5.41, 5.74) is 5.18. The van der Waals surface area contributed by atoms with E-state index in [1.54, 1.807) is 6.92 Å². The molecule has 6 heteroatoms. The van der Waals surface area contributed by atoms with Crippen molar-refractivity contribution >= 4 is 11.9 Å². The predicted molar refractivity (Wildman–Crippen MR) is 70.2 cm³/mol. The topological polar surface area (TPSA) is 92.9 Å². The first-order chi connectivity index (χ1) is 9.01. The van der Waals surface area contributed by atoms with Crippen molar-refractivity contribution in [2.24, 2.45) is 11.7 Å². The molecule has 1 aliphatic heterocycles. The standard InChI is InChI=1S/C13H24N2O4/c1-2-19-13(18)8-11(16)9-15-5-3-10(4-6-15)7-12(14)17/h10-11,16H,2-9H2,1H3,(H2,14,17). The molecule has 110 valence electrons. The number of aliphatic hydroxyl groups excluding tert-OH is 1. The van der Waals surface area contributed by atoms with Crippen LogP contribution in [0.1, 0.15) is 32.6 Å². The number of amides is 1. The molecular formula is C13H24N2O4. The SMILES string of the molecule is CCOC(=O)CC(O)CN1CCC(CC(N)=O)CC1. The molecule has 0 radical (unpaired) electrons. The first-order valence-corrected chi connectivity index (χ1v) is 6.85. The Morgan fingerprint density at radius 1 is 1.42 bits per heavy atom. The van der Waals surface area contributed by atoms with Gasteiger partial charge in [-0.25, -0.2) is 0 Å². The molecule has 6 nitrogen and oxygen atoms in total. The highest BCUT2D eigenvalue weighted by molar-refractivity contribution is 5.74. The van der Waals surface area contributed by atoms with Gasteiger partial charge < -0.3 is 20.5 Å². The van der Waals surface area contributed by atoms with Gasteiger partial charge in [0.1, 0.15) is 0 Å². The van der Waals surface area contributed by atoms with Crippen molar-refractivity contribution in [1.29, 1.82) is 0 Å². The van der Waals surface area contributed by atoms with Crippen LogP contribution in [-0.2, 0) is 14.3 Å². The number of likely N-dealkylation sites (tertiary alicyclic amines) is 1. The molecule has 1 saturated heterocycles. The van der Waals surface area contributed by atoms with Crippen LogP contribution in [-0.4, -0.2) is 54.2 Å². The summed E-state index contributed by atoms with van der Waals surface area (Å²) in [7, 11) is 0. The first-order valence-electron chi connectivity index (χ1n) is 6.85. The highest BCUT2D eigenvalue weighted by Crippen LogP contribution is 2.20. The highest BCUT2D eigenvalue weighted by Gasteiger charge is 2.23. The molecule has 0 spiro atoms. The maximum Gasteiger partial charge on any atom is 0.308 e. The second-order valence-corrected chi connectivity index (χ2v) is 5.08. The number of aliphatic hydroxyl groups is 1. The third-order valence-corrected chi connectivity index (χ3v) is 3.37. The number of esters is 1.